The van der Waals surface area contributed by atoms with Crippen molar-refractivity contribution in [3.63, 3.8) is 0 Å². The van der Waals surface area contributed by atoms with E-state index < -0.39 is 0 Å². The van der Waals surface area contributed by atoms with Crippen LogP contribution in [0.1, 0.15) is 0 Å². The Labute approximate surface area is 364 Å². The second kappa shape index (κ2) is 13.2. The number of hydrogen-bond donors (Lipinski definition) is 0. The lowest BCUT2D eigenvalue weighted by Crippen LogP contribution is -2.04. The highest BCUT2D eigenvalue weighted by atomic mass is 32.1. The van der Waals surface area contributed by atoms with E-state index in [1.807, 2.05) is 29.5 Å². The minimum Gasteiger partial charge on any atom is -0.456 e. The van der Waals surface area contributed by atoms with Crippen LogP contribution in [0.3, 0.4) is 0 Å². The summed E-state index contributed by atoms with van der Waals surface area (Å²) in [4.78, 5) is 11.1. The van der Waals surface area contributed by atoms with Crippen molar-refractivity contribution < 1.29 is 4.42 Å². The number of furan rings is 1. The Hall–Kier alpha value is -8.12. The molecule has 10 aromatic carbocycles. The fourth-order valence-corrected chi connectivity index (χ4v) is 11.5. The van der Waals surface area contributed by atoms with Crippen LogP contribution >= 0.6 is 11.3 Å². The van der Waals surface area contributed by atoms with Gasteiger partial charge in [0.05, 0.1) is 26.8 Å². The molecule has 63 heavy (non-hydrogen) atoms. The van der Waals surface area contributed by atoms with Gasteiger partial charge in [0, 0.05) is 42.6 Å². The normalized spacial score (nSPS) is 12.1. The third kappa shape index (κ3) is 5.08. The van der Waals surface area contributed by atoms with E-state index >= 15 is 0 Å². The van der Waals surface area contributed by atoms with E-state index in [0.29, 0.717) is 0 Å². The van der Waals surface area contributed by atoms with Crippen molar-refractivity contribution in [3.8, 4) is 39.3 Å². The van der Waals surface area contributed by atoms with Gasteiger partial charge in [0.2, 0.25) is 0 Å². The zero-order valence-corrected chi connectivity index (χ0v) is 34.5. The largest absolute Gasteiger partial charge is 0.456 e. The highest BCUT2D eigenvalue weighted by Crippen LogP contribution is 2.50. The molecule has 0 bridgehead atoms. The van der Waals surface area contributed by atoms with Crippen molar-refractivity contribution in [2.45, 2.75) is 0 Å². The van der Waals surface area contributed by atoms with Crippen molar-refractivity contribution in [2.75, 3.05) is 0 Å². The summed E-state index contributed by atoms with van der Waals surface area (Å²) in [5, 5.41) is 12.1. The van der Waals surface area contributed by atoms with E-state index in [4.69, 9.17) is 14.4 Å². The Kier molecular flexibility index (Phi) is 7.24. The number of benzene rings is 10. The van der Waals surface area contributed by atoms with Crippen LogP contribution in [0.25, 0.3) is 136 Å². The Bertz CT molecular complexity index is 4210. The third-order valence-electron chi connectivity index (χ3n) is 12.9. The fraction of sp³-hybridized carbons (Fsp3) is 0. The molecule has 5 heteroatoms. The summed E-state index contributed by atoms with van der Waals surface area (Å²) >= 11 is 1.89. The average molecular weight is 820 g/mol. The van der Waals surface area contributed by atoms with E-state index in [1.165, 1.54) is 52.5 Å². The monoisotopic (exact) mass is 819 g/mol. The predicted molar refractivity (Wildman–Crippen MR) is 265 cm³/mol. The summed E-state index contributed by atoms with van der Waals surface area (Å²) in [6, 6.07) is 71.7. The molecule has 4 heterocycles. The lowest BCUT2D eigenvalue weighted by molar-refractivity contribution is 0.669. The van der Waals surface area contributed by atoms with Crippen molar-refractivity contribution in [1.82, 2.24) is 14.5 Å². The molecule has 0 spiro atoms. The van der Waals surface area contributed by atoms with Gasteiger partial charge in [-0.1, -0.05) is 152 Å². The highest BCUT2D eigenvalue weighted by molar-refractivity contribution is 7.27. The molecule has 0 radical (unpaired) electrons. The highest BCUT2D eigenvalue weighted by Gasteiger charge is 2.26. The van der Waals surface area contributed by atoms with Crippen molar-refractivity contribution in [3.05, 3.63) is 200 Å². The van der Waals surface area contributed by atoms with Gasteiger partial charge in [0.1, 0.15) is 16.9 Å². The number of nitrogens with zero attached hydrogens (tertiary/aromatic N) is 3. The molecule has 292 valence electrons. The maximum Gasteiger partial charge on any atom is 0.165 e. The molecule has 14 rings (SSSR count). The molecule has 0 fully saturated rings. The molecule has 0 N–H and O–H groups in total. The van der Waals surface area contributed by atoms with E-state index in [9.17, 15) is 0 Å². The molecule has 0 saturated heterocycles. The number of hydrogen-bond acceptors (Lipinski definition) is 4. The molecule has 0 aliphatic carbocycles. The quantitative estimate of drug-likeness (QED) is 0.178. The molecule has 0 aliphatic heterocycles. The van der Waals surface area contributed by atoms with Gasteiger partial charge < -0.3 is 4.42 Å². The zero-order valence-electron chi connectivity index (χ0n) is 33.7. The van der Waals surface area contributed by atoms with Crippen LogP contribution in [0.5, 0.6) is 0 Å². The first-order valence-electron chi connectivity index (χ1n) is 21.3. The summed E-state index contributed by atoms with van der Waals surface area (Å²) in [6.07, 6.45) is 0. The van der Waals surface area contributed by atoms with Crippen LogP contribution in [0, 0.1) is 0 Å². The maximum atomic E-state index is 6.26. The second-order valence-corrected chi connectivity index (χ2v) is 17.5. The third-order valence-corrected chi connectivity index (χ3v) is 14.2. The van der Waals surface area contributed by atoms with Crippen molar-refractivity contribution in [2.24, 2.45) is 0 Å². The Morgan fingerprint density at radius 2 is 1.02 bits per heavy atom. The molecule has 4 aromatic heterocycles. The van der Waals surface area contributed by atoms with Gasteiger partial charge in [-0.25, -0.2) is 9.97 Å². The molecule has 4 nitrogen and oxygen atoms in total. The molecule has 0 amide bonds. The molecular formula is C58H33N3OS. The van der Waals surface area contributed by atoms with Gasteiger partial charge in [-0.15, -0.1) is 11.3 Å². The van der Waals surface area contributed by atoms with Crippen LogP contribution in [0.2, 0.25) is 0 Å². The van der Waals surface area contributed by atoms with Crippen LogP contribution in [0.4, 0.5) is 0 Å². The maximum absolute atomic E-state index is 6.26. The molecule has 0 saturated carbocycles. The summed E-state index contributed by atoms with van der Waals surface area (Å²) in [5.41, 5.74) is 12.1. The van der Waals surface area contributed by atoms with Crippen LogP contribution in [-0.4, -0.2) is 14.5 Å². The van der Waals surface area contributed by atoms with Crippen molar-refractivity contribution in [1.29, 1.82) is 0 Å². The van der Waals surface area contributed by atoms with Gasteiger partial charge in [0.25, 0.3) is 0 Å². The summed E-state index contributed by atoms with van der Waals surface area (Å²) in [6.45, 7) is 0. The zero-order chi connectivity index (χ0) is 41.2. The first-order chi connectivity index (χ1) is 31.2. The Balaban J connectivity index is 1.15. The van der Waals surface area contributed by atoms with Crippen molar-refractivity contribution >= 4 is 108 Å². The smallest absolute Gasteiger partial charge is 0.165 e. The number of thiophene rings is 1. The van der Waals surface area contributed by atoms with E-state index in [0.717, 1.165) is 83.3 Å². The standard InChI is InChI=1S/C58H33N3OS/c1-2-13-34(14-3-1)36-16-12-17-39(31-36)54-58(60-48-23-10-9-22-47(48)59-54)61-49-29-26-37(38-27-30-51-45(32-38)41-19-8-11-24-50(41)62-51)33-46(49)52-42-20-6-7-21-43(42)53-44-28-25-35-15-4-5-18-40(35)56(44)63-57(53)55(52)61/h1-33H. The summed E-state index contributed by atoms with van der Waals surface area (Å²) in [7, 11) is 0. The average Bonchev–Trinajstić information content (AvgIpc) is 4.04. The first kappa shape index (κ1) is 34.6. The van der Waals surface area contributed by atoms with Crippen LogP contribution in [0.15, 0.2) is 205 Å². The first-order valence-corrected chi connectivity index (χ1v) is 22.1. The Morgan fingerprint density at radius 3 is 1.87 bits per heavy atom. The minimum atomic E-state index is 0.803. The summed E-state index contributed by atoms with van der Waals surface area (Å²) < 4.78 is 11.2. The molecule has 14 aromatic rings. The molecule has 0 aliphatic rings. The lowest BCUT2D eigenvalue weighted by Gasteiger charge is -2.15. The summed E-state index contributed by atoms with van der Waals surface area (Å²) in [5.74, 6) is 0.803. The number of rotatable bonds is 4. The molecular weight excluding hydrogens is 787 g/mol. The molecule has 0 unspecified atom stereocenters. The van der Waals surface area contributed by atoms with E-state index in [2.05, 4.69) is 187 Å². The van der Waals surface area contributed by atoms with Gasteiger partial charge >= 0.3 is 0 Å². The molecule has 0 atom stereocenters. The lowest BCUT2D eigenvalue weighted by atomic mass is 9.96. The number of para-hydroxylation sites is 3. The van der Waals surface area contributed by atoms with Crippen LogP contribution in [-0.2, 0) is 0 Å². The number of fused-ring (bicyclic) bond motifs is 16. The van der Waals surface area contributed by atoms with Gasteiger partial charge in [0.15, 0.2) is 5.82 Å². The fourth-order valence-electron chi connectivity index (χ4n) is 10.1. The van der Waals surface area contributed by atoms with Gasteiger partial charge in [-0.3, -0.25) is 4.57 Å². The topological polar surface area (TPSA) is 43.9 Å². The minimum absolute atomic E-state index is 0.803. The van der Waals surface area contributed by atoms with Gasteiger partial charge in [-0.2, -0.15) is 0 Å². The van der Waals surface area contributed by atoms with E-state index in [1.54, 1.807) is 0 Å². The Morgan fingerprint density at radius 1 is 0.381 bits per heavy atom. The SMILES string of the molecule is c1ccc(-c2cccc(-c3nc4ccccc4nc3-n3c4ccc(-c5ccc6oc7ccccc7c6c5)cc4c4c5ccccc5c5c6ccc7ccccc7c6sc5c43)c2)cc1. The second-order valence-electron chi connectivity index (χ2n) is 16.4. The van der Waals surface area contributed by atoms with Crippen LogP contribution < -0.4 is 0 Å². The number of aromatic nitrogens is 3. The van der Waals surface area contributed by atoms with E-state index in [-0.39, 0.29) is 0 Å². The predicted octanol–water partition coefficient (Wildman–Crippen LogP) is 16.3. The van der Waals surface area contributed by atoms with Gasteiger partial charge in [-0.05, 0) is 92.3 Å².